The molecule has 0 saturated heterocycles. The predicted molar refractivity (Wildman–Crippen MR) is 77.1 cm³/mol. The van der Waals surface area contributed by atoms with Crippen LogP contribution in [0.5, 0.6) is 0 Å². The van der Waals surface area contributed by atoms with E-state index >= 15 is 0 Å². The number of hydrogen-bond donors (Lipinski definition) is 1. The van der Waals surface area contributed by atoms with Gasteiger partial charge < -0.3 is 5.32 Å². The summed E-state index contributed by atoms with van der Waals surface area (Å²) in [7, 11) is 0. The average molecular weight is 259 g/mol. The molecule has 1 heterocycles. The Morgan fingerprint density at radius 1 is 1.26 bits per heavy atom. The zero-order chi connectivity index (χ0) is 13.1. The third-order valence-corrected chi connectivity index (χ3v) is 4.33. The van der Waals surface area contributed by atoms with Gasteiger partial charge in [-0.1, -0.05) is 6.92 Å². The lowest BCUT2D eigenvalue weighted by atomic mass is 9.87. The molecular weight excluding hydrogens is 234 g/mol. The summed E-state index contributed by atoms with van der Waals surface area (Å²) in [6, 6.07) is 0. The van der Waals surface area contributed by atoms with Crippen molar-refractivity contribution < 1.29 is 0 Å². The van der Waals surface area contributed by atoms with Crippen LogP contribution >= 0.6 is 0 Å². The Labute approximate surface area is 116 Å². The molecule has 0 radical (unpaired) electrons. The maximum absolute atomic E-state index is 4.79. The van der Waals surface area contributed by atoms with Crippen LogP contribution < -0.4 is 5.32 Å². The Bertz CT molecular complexity index is 426. The first-order valence-electron chi connectivity index (χ1n) is 7.89. The van der Waals surface area contributed by atoms with Crippen molar-refractivity contribution in [2.24, 2.45) is 11.8 Å². The molecule has 0 bridgehead atoms. The first-order chi connectivity index (χ1) is 9.35. The van der Waals surface area contributed by atoms with Gasteiger partial charge in [0.15, 0.2) is 0 Å². The van der Waals surface area contributed by atoms with Crippen molar-refractivity contribution in [1.29, 1.82) is 0 Å². The molecule has 2 aliphatic carbocycles. The van der Waals surface area contributed by atoms with Gasteiger partial charge in [0.25, 0.3) is 0 Å². The number of fused-ring (bicyclic) bond motifs is 1. The first kappa shape index (κ1) is 13.0. The van der Waals surface area contributed by atoms with Crippen LogP contribution in [0.2, 0.25) is 0 Å². The van der Waals surface area contributed by atoms with Gasteiger partial charge in [0.1, 0.15) is 5.82 Å². The lowest BCUT2D eigenvalue weighted by Gasteiger charge is -2.24. The van der Waals surface area contributed by atoms with Gasteiger partial charge in [0.2, 0.25) is 0 Å². The second-order valence-corrected chi connectivity index (χ2v) is 6.22. The van der Waals surface area contributed by atoms with Crippen molar-refractivity contribution in [2.45, 2.75) is 51.9 Å². The summed E-state index contributed by atoms with van der Waals surface area (Å²) in [6.07, 6.45) is 10.8. The highest BCUT2D eigenvalue weighted by molar-refractivity contribution is 5.21. The standard InChI is InChI=1S/C16H25N3/c1-2-7-17-10-13-5-6-15-14(8-13)11-18-16(19-15)9-12-3-4-12/h11-13,17H,2-10H2,1H3. The van der Waals surface area contributed by atoms with Crippen molar-refractivity contribution in [3.8, 4) is 0 Å². The van der Waals surface area contributed by atoms with Crippen molar-refractivity contribution in [3.63, 3.8) is 0 Å². The Balaban J connectivity index is 1.58. The maximum atomic E-state index is 4.79. The summed E-state index contributed by atoms with van der Waals surface area (Å²) in [5.41, 5.74) is 2.73. The number of nitrogens with zero attached hydrogens (tertiary/aromatic N) is 2. The Morgan fingerprint density at radius 2 is 2.16 bits per heavy atom. The third-order valence-electron chi connectivity index (χ3n) is 4.33. The van der Waals surface area contributed by atoms with Crippen LogP contribution in [0.15, 0.2) is 6.20 Å². The molecule has 19 heavy (non-hydrogen) atoms. The topological polar surface area (TPSA) is 37.8 Å². The summed E-state index contributed by atoms with van der Waals surface area (Å²) in [5, 5.41) is 3.54. The molecule has 2 aliphatic rings. The molecule has 3 rings (SSSR count). The van der Waals surface area contributed by atoms with Crippen LogP contribution in [0.3, 0.4) is 0 Å². The molecule has 1 fully saturated rings. The molecule has 0 spiro atoms. The van der Waals surface area contributed by atoms with Crippen molar-refractivity contribution in [2.75, 3.05) is 13.1 Å². The van der Waals surface area contributed by atoms with Gasteiger partial charge in [-0.15, -0.1) is 0 Å². The second-order valence-electron chi connectivity index (χ2n) is 6.22. The highest BCUT2D eigenvalue weighted by atomic mass is 14.9. The van der Waals surface area contributed by atoms with Gasteiger partial charge in [-0.3, -0.25) is 0 Å². The molecule has 1 saturated carbocycles. The number of aryl methyl sites for hydroxylation is 1. The summed E-state index contributed by atoms with van der Waals surface area (Å²) < 4.78 is 0. The highest BCUT2D eigenvalue weighted by Crippen LogP contribution is 2.32. The van der Waals surface area contributed by atoms with Gasteiger partial charge in [0, 0.05) is 18.3 Å². The van der Waals surface area contributed by atoms with Crippen LogP contribution in [-0.2, 0) is 19.3 Å². The van der Waals surface area contributed by atoms with E-state index in [9.17, 15) is 0 Å². The van der Waals surface area contributed by atoms with Crippen molar-refractivity contribution in [3.05, 3.63) is 23.3 Å². The van der Waals surface area contributed by atoms with E-state index in [1.807, 2.05) is 0 Å². The third kappa shape index (κ3) is 3.53. The maximum Gasteiger partial charge on any atom is 0.128 e. The molecule has 1 atom stereocenters. The molecule has 0 amide bonds. The minimum atomic E-state index is 0.775. The van der Waals surface area contributed by atoms with E-state index in [0.717, 1.165) is 50.0 Å². The smallest absolute Gasteiger partial charge is 0.128 e. The zero-order valence-electron chi connectivity index (χ0n) is 12.0. The van der Waals surface area contributed by atoms with E-state index in [1.165, 1.54) is 36.9 Å². The Kier molecular flexibility index (Phi) is 4.12. The minimum Gasteiger partial charge on any atom is -0.316 e. The molecule has 3 nitrogen and oxygen atoms in total. The number of nitrogens with one attached hydrogen (secondary N) is 1. The van der Waals surface area contributed by atoms with Gasteiger partial charge in [-0.2, -0.15) is 0 Å². The van der Waals surface area contributed by atoms with E-state index in [0.29, 0.717) is 0 Å². The lowest BCUT2D eigenvalue weighted by Crippen LogP contribution is -2.28. The van der Waals surface area contributed by atoms with Crippen LogP contribution in [0.1, 0.15) is 49.7 Å². The van der Waals surface area contributed by atoms with E-state index in [1.54, 1.807) is 0 Å². The Hall–Kier alpha value is -0.960. The van der Waals surface area contributed by atoms with E-state index in [4.69, 9.17) is 4.98 Å². The molecule has 3 heteroatoms. The average Bonchev–Trinajstić information content (AvgIpc) is 3.23. The predicted octanol–water partition coefficient (Wildman–Crippen LogP) is 2.53. The van der Waals surface area contributed by atoms with Crippen molar-refractivity contribution in [1.82, 2.24) is 15.3 Å². The summed E-state index contributed by atoms with van der Waals surface area (Å²) >= 11 is 0. The second kappa shape index (κ2) is 6.00. The molecule has 104 valence electrons. The number of rotatable bonds is 6. The minimum absolute atomic E-state index is 0.775. The Morgan fingerprint density at radius 3 is 2.95 bits per heavy atom. The normalized spacial score (nSPS) is 22.3. The van der Waals surface area contributed by atoms with Gasteiger partial charge in [-0.25, -0.2) is 9.97 Å². The molecule has 0 aliphatic heterocycles. The number of aromatic nitrogens is 2. The van der Waals surface area contributed by atoms with Gasteiger partial charge >= 0.3 is 0 Å². The molecule has 1 aromatic heterocycles. The van der Waals surface area contributed by atoms with E-state index in [2.05, 4.69) is 23.4 Å². The fourth-order valence-corrected chi connectivity index (χ4v) is 2.96. The summed E-state index contributed by atoms with van der Waals surface area (Å²) in [4.78, 5) is 9.36. The fourth-order valence-electron chi connectivity index (χ4n) is 2.96. The quantitative estimate of drug-likeness (QED) is 0.798. The zero-order valence-corrected chi connectivity index (χ0v) is 12.0. The summed E-state index contributed by atoms with van der Waals surface area (Å²) in [5.74, 6) is 2.74. The number of hydrogen-bond acceptors (Lipinski definition) is 3. The van der Waals surface area contributed by atoms with E-state index in [-0.39, 0.29) is 0 Å². The van der Waals surface area contributed by atoms with E-state index < -0.39 is 0 Å². The molecule has 1 unspecified atom stereocenters. The molecule has 1 N–H and O–H groups in total. The van der Waals surface area contributed by atoms with Gasteiger partial charge in [0.05, 0.1) is 0 Å². The van der Waals surface area contributed by atoms with Gasteiger partial charge in [-0.05, 0) is 69.0 Å². The lowest BCUT2D eigenvalue weighted by molar-refractivity contribution is 0.419. The van der Waals surface area contributed by atoms with Crippen LogP contribution in [0.4, 0.5) is 0 Å². The molecular formula is C16H25N3. The van der Waals surface area contributed by atoms with Crippen LogP contribution in [0, 0.1) is 11.8 Å². The van der Waals surface area contributed by atoms with Crippen LogP contribution in [-0.4, -0.2) is 23.1 Å². The van der Waals surface area contributed by atoms with Crippen LogP contribution in [0.25, 0.3) is 0 Å². The SMILES string of the molecule is CCCNCC1CCc2nc(CC3CC3)ncc2C1. The largest absolute Gasteiger partial charge is 0.316 e. The molecule has 0 aromatic carbocycles. The van der Waals surface area contributed by atoms with Crippen molar-refractivity contribution >= 4 is 0 Å². The molecule has 1 aromatic rings. The summed E-state index contributed by atoms with van der Waals surface area (Å²) in [6.45, 7) is 4.51. The first-order valence-corrected chi connectivity index (χ1v) is 7.89. The fraction of sp³-hybridized carbons (Fsp3) is 0.750. The highest BCUT2D eigenvalue weighted by Gasteiger charge is 2.24. The monoisotopic (exact) mass is 259 g/mol.